The predicted molar refractivity (Wildman–Crippen MR) is 115 cm³/mol. The molecule has 0 radical (unpaired) electrons. The van der Waals surface area contributed by atoms with Crippen LogP contribution in [0.1, 0.15) is 43.6 Å². The number of rotatable bonds is 6. The molecule has 0 bridgehead atoms. The van der Waals surface area contributed by atoms with Gasteiger partial charge in [-0.05, 0) is 63.0 Å². The van der Waals surface area contributed by atoms with Crippen molar-refractivity contribution >= 4 is 28.5 Å². The first kappa shape index (κ1) is 22.3. The van der Waals surface area contributed by atoms with Gasteiger partial charge in [-0.15, -0.1) is 0 Å². The zero-order valence-corrected chi connectivity index (χ0v) is 18.6. The summed E-state index contributed by atoms with van der Waals surface area (Å²) in [4.78, 5) is 11.9. The van der Waals surface area contributed by atoms with Crippen molar-refractivity contribution in [1.29, 1.82) is 0 Å². The van der Waals surface area contributed by atoms with E-state index >= 15 is 0 Å². The molecule has 2 aromatic rings. The van der Waals surface area contributed by atoms with Crippen molar-refractivity contribution in [2.45, 2.75) is 45.5 Å². The van der Waals surface area contributed by atoms with Gasteiger partial charge in [0.2, 0.25) is 10.0 Å². The number of benzene rings is 2. The summed E-state index contributed by atoms with van der Waals surface area (Å²) in [5.74, 6) is 0.00110. The summed E-state index contributed by atoms with van der Waals surface area (Å²) < 4.78 is 42.3. The van der Waals surface area contributed by atoms with Gasteiger partial charge in [-0.25, -0.2) is 13.1 Å². The van der Waals surface area contributed by atoms with Gasteiger partial charge in [0.05, 0.1) is 17.5 Å². The molecule has 1 amide bonds. The summed E-state index contributed by atoms with van der Waals surface area (Å²) in [7, 11) is -4.07. The van der Waals surface area contributed by atoms with Crippen LogP contribution in [0.15, 0.2) is 48.5 Å². The van der Waals surface area contributed by atoms with Crippen LogP contribution in [0.25, 0.3) is 0 Å². The SMILES string of the molecule is CC1(C)OB(c2cccc(OCc3ccc(C(=O)NS(C)(=O)=O)cc3)c2)OC1(C)C. The third kappa shape index (κ3) is 5.22. The predicted octanol–water partition coefficient (Wildman–Crippen LogP) is 2.25. The van der Waals surface area contributed by atoms with Gasteiger partial charge in [0.15, 0.2) is 0 Å². The van der Waals surface area contributed by atoms with Crippen LogP contribution in [0.4, 0.5) is 0 Å². The summed E-state index contributed by atoms with van der Waals surface area (Å²) in [6.07, 6.45) is 0.935. The van der Waals surface area contributed by atoms with Crippen LogP contribution in [-0.2, 0) is 25.9 Å². The summed E-state index contributed by atoms with van der Waals surface area (Å²) in [6, 6.07) is 14.1. The Morgan fingerprint density at radius 1 is 1.03 bits per heavy atom. The highest BCUT2D eigenvalue weighted by Gasteiger charge is 2.51. The Balaban J connectivity index is 1.63. The van der Waals surface area contributed by atoms with Crippen molar-refractivity contribution in [2.24, 2.45) is 0 Å². The van der Waals surface area contributed by atoms with Gasteiger partial charge in [-0.2, -0.15) is 0 Å². The van der Waals surface area contributed by atoms with Crippen molar-refractivity contribution in [3.05, 3.63) is 59.7 Å². The molecule has 1 aliphatic heterocycles. The monoisotopic (exact) mass is 431 g/mol. The molecule has 1 saturated heterocycles. The minimum absolute atomic E-state index is 0.256. The van der Waals surface area contributed by atoms with Crippen LogP contribution >= 0.6 is 0 Å². The van der Waals surface area contributed by atoms with Crippen LogP contribution < -0.4 is 14.9 Å². The topological polar surface area (TPSA) is 90.9 Å². The maximum atomic E-state index is 11.9. The molecule has 1 fully saturated rings. The zero-order valence-electron chi connectivity index (χ0n) is 17.8. The molecule has 0 atom stereocenters. The maximum absolute atomic E-state index is 11.9. The highest BCUT2D eigenvalue weighted by molar-refractivity contribution is 7.89. The smallest absolute Gasteiger partial charge is 0.489 e. The summed E-state index contributed by atoms with van der Waals surface area (Å²) in [5, 5.41) is 0. The maximum Gasteiger partial charge on any atom is 0.494 e. The summed E-state index contributed by atoms with van der Waals surface area (Å²) >= 11 is 0. The number of amides is 1. The van der Waals surface area contributed by atoms with Gasteiger partial charge in [-0.3, -0.25) is 4.79 Å². The Bertz CT molecular complexity index is 1020. The third-order valence-corrected chi connectivity index (χ3v) is 5.84. The largest absolute Gasteiger partial charge is 0.494 e. The van der Waals surface area contributed by atoms with Gasteiger partial charge in [-0.1, -0.05) is 24.3 Å². The number of nitrogens with one attached hydrogen (secondary N) is 1. The lowest BCUT2D eigenvalue weighted by atomic mass is 9.79. The standard InChI is InChI=1S/C21H26BNO6S/c1-20(2)21(3,4)29-22(28-20)17-7-6-8-18(13-17)27-14-15-9-11-16(12-10-15)19(24)23-30(5,25)26/h6-13H,14H2,1-5H3,(H,23,24). The fourth-order valence-electron chi connectivity index (χ4n) is 2.88. The van der Waals surface area contributed by atoms with Gasteiger partial charge in [0, 0.05) is 5.56 Å². The van der Waals surface area contributed by atoms with E-state index in [4.69, 9.17) is 14.0 Å². The van der Waals surface area contributed by atoms with Crippen molar-refractivity contribution in [3.63, 3.8) is 0 Å². The molecule has 7 nitrogen and oxygen atoms in total. The van der Waals surface area contributed by atoms with Crippen LogP contribution in [0.5, 0.6) is 5.75 Å². The lowest BCUT2D eigenvalue weighted by Gasteiger charge is -2.32. The Morgan fingerprint density at radius 3 is 2.20 bits per heavy atom. The summed E-state index contributed by atoms with van der Waals surface area (Å²) in [5.41, 5.74) is 1.14. The molecule has 1 heterocycles. The number of sulfonamides is 1. The van der Waals surface area contributed by atoms with Crippen molar-refractivity contribution in [3.8, 4) is 5.75 Å². The Hall–Kier alpha value is -2.36. The molecule has 0 aliphatic carbocycles. The molecule has 0 aromatic heterocycles. The van der Waals surface area contributed by atoms with Crippen LogP contribution in [-0.4, -0.2) is 38.9 Å². The van der Waals surface area contributed by atoms with Gasteiger partial charge in [0.25, 0.3) is 5.91 Å². The van der Waals surface area contributed by atoms with Gasteiger partial charge in [0.1, 0.15) is 12.4 Å². The second kappa shape index (κ2) is 8.05. The minimum Gasteiger partial charge on any atom is -0.489 e. The fourth-order valence-corrected chi connectivity index (χ4v) is 3.33. The number of ether oxygens (including phenoxy) is 1. The molecule has 9 heteroatoms. The number of hydrogen-bond acceptors (Lipinski definition) is 6. The molecule has 2 aromatic carbocycles. The van der Waals surface area contributed by atoms with E-state index in [9.17, 15) is 13.2 Å². The third-order valence-electron chi connectivity index (χ3n) is 5.28. The van der Waals surface area contributed by atoms with Crippen LogP contribution in [0.2, 0.25) is 0 Å². The quantitative estimate of drug-likeness (QED) is 0.706. The average molecular weight is 431 g/mol. The van der Waals surface area contributed by atoms with Crippen LogP contribution in [0, 0.1) is 0 Å². The van der Waals surface area contributed by atoms with E-state index in [1.165, 1.54) is 0 Å². The first-order valence-corrected chi connectivity index (χ1v) is 11.4. The van der Waals surface area contributed by atoms with E-state index in [0.717, 1.165) is 17.3 Å². The van der Waals surface area contributed by atoms with Crippen molar-refractivity contribution < 1.29 is 27.3 Å². The highest BCUT2D eigenvalue weighted by Crippen LogP contribution is 2.36. The minimum atomic E-state index is -3.60. The Kier molecular flexibility index (Phi) is 6.00. The van der Waals surface area contributed by atoms with E-state index in [0.29, 0.717) is 12.4 Å². The Labute approximate surface area is 177 Å². The van der Waals surface area contributed by atoms with Gasteiger partial charge < -0.3 is 14.0 Å². The molecule has 30 heavy (non-hydrogen) atoms. The first-order chi connectivity index (χ1) is 13.9. The number of carbonyl (C=O) groups excluding carboxylic acids is 1. The normalized spacial score (nSPS) is 17.6. The molecule has 1 aliphatic rings. The second-order valence-corrected chi connectivity index (χ2v) is 10.1. The molecule has 0 unspecified atom stereocenters. The number of carbonyl (C=O) groups is 1. The van der Waals surface area contributed by atoms with Crippen molar-refractivity contribution in [1.82, 2.24) is 4.72 Å². The van der Waals surface area contributed by atoms with E-state index in [1.807, 2.05) is 56.7 Å². The molecule has 3 rings (SSSR count). The van der Waals surface area contributed by atoms with E-state index in [1.54, 1.807) is 24.3 Å². The molecule has 0 spiro atoms. The average Bonchev–Trinajstić information content (AvgIpc) is 2.87. The molecule has 1 N–H and O–H groups in total. The highest BCUT2D eigenvalue weighted by atomic mass is 32.2. The molecule has 160 valence electrons. The zero-order chi connectivity index (χ0) is 22.2. The summed E-state index contributed by atoms with van der Waals surface area (Å²) in [6.45, 7) is 8.32. The Morgan fingerprint density at radius 2 is 1.63 bits per heavy atom. The molecular formula is C21H26BNO6S. The van der Waals surface area contributed by atoms with Gasteiger partial charge >= 0.3 is 7.12 Å². The number of hydrogen-bond donors (Lipinski definition) is 1. The van der Waals surface area contributed by atoms with Crippen LogP contribution in [0.3, 0.4) is 0 Å². The lowest BCUT2D eigenvalue weighted by molar-refractivity contribution is 0.00578. The lowest BCUT2D eigenvalue weighted by Crippen LogP contribution is -2.41. The van der Waals surface area contributed by atoms with E-state index in [-0.39, 0.29) is 5.56 Å². The molecule has 0 saturated carbocycles. The van der Waals surface area contributed by atoms with E-state index < -0.39 is 34.3 Å². The first-order valence-electron chi connectivity index (χ1n) is 9.56. The van der Waals surface area contributed by atoms with Crippen molar-refractivity contribution in [2.75, 3.05) is 6.26 Å². The molecular weight excluding hydrogens is 405 g/mol. The van der Waals surface area contributed by atoms with E-state index in [2.05, 4.69) is 0 Å². The fraction of sp³-hybridized carbons (Fsp3) is 0.381. The second-order valence-electron chi connectivity index (χ2n) is 8.35.